The van der Waals surface area contributed by atoms with Gasteiger partial charge in [0.25, 0.3) is 5.89 Å². The second-order valence-electron chi connectivity index (χ2n) is 5.94. The molecule has 1 atom stereocenters. The van der Waals surface area contributed by atoms with E-state index in [-0.39, 0.29) is 0 Å². The Hall–Kier alpha value is -1.69. The number of rotatable bonds is 7. The van der Waals surface area contributed by atoms with Gasteiger partial charge < -0.3 is 4.52 Å². The van der Waals surface area contributed by atoms with Crippen LogP contribution >= 0.6 is 22.9 Å². The van der Waals surface area contributed by atoms with Crippen molar-refractivity contribution in [1.82, 2.24) is 15.0 Å². The van der Waals surface area contributed by atoms with Crippen molar-refractivity contribution in [3.63, 3.8) is 0 Å². The molecule has 0 bridgehead atoms. The molecular weight excluding hydrogens is 354 g/mol. The predicted octanol–water partition coefficient (Wildman–Crippen LogP) is 5.14. The third-order valence-electron chi connectivity index (χ3n) is 4.64. The van der Waals surface area contributed by atoms with Crippen LogP contribution < -0.4 is 0 Å². The summed E-state index contributed by atoms with van der Waals surface area (Å²) in [6, 6.07) is 12.1. The van der Waals surface area contributed by atoms with Crippen molar-refractivity contribution in [1.29, 1.82) is 0 Å². The summed E-state index contributed by atoms with van der Waals surface area (Å²) in [6.45, 7) is 8.23. The Morgan fingerprint density at radius 2 is 1.92 bits per heavy atom. The maximum absolute atomic E-state index is 6.06. The fraction of sp³-hybridized carbons (Fsp3) is 0.368. The van der Waals surface area contributed by atoms with Gasteiger partial charge in [-0.15, -0.1) is 22.9 Å². The van der Waals surface area contributed by atoms with Gasteiger partial charge in [-0.2, -0.15) is 4.98 Å². The van der Waals surface area contributed by atoms with Gasteiger partial charge in [-0.25, -0.2) is 0 Å². The minimum Gasteiger partial charge on any atom is -0.336 e. The summed E-state index contributed by atoms with van der Waals surface area (Å²) in [4.78, 5) is 8.29. The second-order valence-corrected chi connectivity index (χ2v) is 7.15. The molecule has 1 aromatic carbocycles. The highest BCUT2D eigenvalue weighted by atomic mass is 35.5. The molecule has 6 heteroatoms. The molecule has 3 aromatic rings. The number of hydrogen-bond acceptors (Lipinski definition) is 5. The Morgan fingerprint density at radius 3 is 2.56 bits per heavy atom. The Balaban J connectivity index is 2.09. The zero-order valence-electron chi connectivity index (χ0n) is 14.7. The van der Waals surface area contributed by atoms with E-state index < -0.39 is 5.54 Å². The van der Waals surface area contributed by atoms with Crippen LogP contribution in [0.15, 0.2) is 46.3 Å². The number of aromatic nitrogens is 2. The molecule has 0 spiro atoms. The van der Waals surface area contributed by atoms with Crippen molar-refractivity contribution in [2.24, 2.45) is 0 Å². The third kappa shape index (κ3) is 3.24. The fourth-order valence-electron chi connectivity index (χ4n) is 3.19. The lowest BCUT2D eigenvalue weighted by Gasteiger charge is -2.36. The molecule has 0 aliphatic heterocycles. The van der Waals surface area contributed by atoms with Crippen molar-refractivity contribution in [3.05, 3.63) is 58.1 Å². The van der Waals surface area contributed by atoms with Crippen molar-refractivity contribution >= 4 is 22.9 Å². The van der Waals surface area contributed by atoms with Crippen LogP contribution in [-0.4, -0.2) is 28.1 Å². The van der Waals surface area contributed by atoms with Gasteiger partial charge in [-0.05, 0) is 37.0 Å². The monoisotopic (exact) mass is 375 g/mol. The van der Waals surface area contributed by atoms with E-state index in [2.05, 4.69) is 48.3 Å². The van der Waals surface area contributed by atoms with Crippen molar-refractivity contribution in [2.75, 3.05) is 13.1 Å². The first-order valence-electron chi connectivity index (χ1n) is 8.42. The van der Waals surface area contributed by atoms with Gasteiger partial charge in [0.2, 0.25) is 5.82 Å². The molecule has 0 aliphatic rings. The molecule has 25 heavy (non-hydrogen) atoms. The molecule has 0 saturated heterocycles. The summed E-state index contributed by atoms with van der Waals surface area (Å²) < 4.78 is 5.75. The third-order valence-corrected chi connectivity index (χ3v) is 6.01. The lowest BCUT2D eigenvalue weighted by molar-refractivity contribution is 0.119. The van der Waals surface area contributed by atoms with Crippen LogP contribution in [0.1, 0.15) is 37.1 Å². The number of halogens is 1. The Kier molecular flexibility index (Phi) is 5.57. The Bertz CT molecular complexity index is 814. The number of thiophene rings is 1. The molecule has 0 radical (unpaired) electrons. The fourth-order valence-corrected chi connectivity index (χ4v) is 4.33. The Labute approximate surface area is 157 Å². The minimum atomic E-state index is -0.446. The zero-order chi connectivity index (χ0) is 17.9. The molecule has 132 valence electrons. The molecule has 2 aromatic heterocycles. The van der Waals surface area contributed by atoms with Gasteiger partial charge in [0.05, 0.1) is 0 Å². The highest BCUT2D eigenvalue weighted by Crippen LogP contribution is 2.38. The van der Waals surface area contributed by atoms with Gasteiger partial charge >= 0.3 is 0 Å². The SMILES string of the molecule is CCN(CC)C(C)(c1nc(-c2ccccc2CCl)no1)c1cccs1. The highest BCUT2D eigenvalue weighted by Gasteiger charge is 2.40. The van der Waals surface area contributed by atoms with Crippen LogP contribution in [0.3, 0.4) is 0 Å². The molecule has 0 aliphatic carbocycles. The summed E-state index contributed by atoms with van der Waals surface area (Å²) in [5, 5.41) is 6.34. The van der Waals surface area contributed by atoms with E-state index in [4.69, 9.17) is 21.1 Å². The van der Waals surface area contributed by atoms with Crippen molar-refractivity contribution < 1.29 is 4.52 Å². The van der Waals surface area contributed by atoms with E-state index in [1.807, 2.05) is 24.3 Å². The molecule has 0 N–H and O–H groups in total. The van der Waals surface area contributed by atoms with Crippen LogP contribution in [0.25, 0.3) is 11.4 Å². The van der Waals surface area contributed by atoms with Crippen LogP contribution in [-0.2, 0) is 11.4 Å². The van der Waals surface area contributed by atoms with E-state index in [1.165, 1.54) is 4.88 Å². The molecule has 0 amide bonds. The number of hydrogen-bond donors (Lipinski definition) is 0. The van der Waals surface area contributed by atoms with Crippen LogP contribution in [0.2, 0.25) is 0 Å². The van der Waals surface area contributed by atoms with Gasteiger partial charge in [-0.1, -0.05) is 49.3 Å². The largest absolute Gasteiger partial charge is 0.336 e. The van der Waals surface area contributed by atoms with Crippen LogP contribution in [0.5, 0.6) is 0 Å². The lowest BCUT2D eigenvalue weighted by Crippen LogP contribution is -2.44. The quantitative estimate of drug-likeness (QED) is 0.536. The van der Waals surface area contributed by atoms with Gasteiger partial charge in [0, 0.05) is 16.3 Å². The first kappa shape index (κ1) is 18.1. The smallest absolute Gasteiger partial charge is 0.252 e. The minimum absolute atomic E-state index is 0.415. The van der Waals surface area contributed by atoms with Crippen LogP contribution in [0, 0.1) is 0 Å². The van der Waals surface area contributed by atoms with Gasteiger partial charge in [0.15, 0.2) is 0 Å². The van der Waals surface area contributed by atoms with E-state index in [1.54, 1.807) is 11.3 Å². The first-order valence-corrected chi connectivity index (χ1v) is 9.84. The lowest BCUT2D eigenvalue weighted by atomic mass is 9.97. The van der Waals surface area contributed by atoms with Gasteiger partial charge in [-0.3, -0.25) is 4.90 Å². The first-order chi connectivity index (χ1) is 12.1. The van der Waals surface area contributed by atoms with Gasteiger partial charge in [0.1, 0.15) is 5.54 Å². The number of alkyl halides is 1. The predicted molar refractivity (Wildman–Crippen MR) is 103 cm³/mol. The summed E-state index contributed by atoms with van der Waals surface area (Å²) in [6.07, 6.45) is 0. The van der Waals surface area contributed by atoms with E-state index in [9.17, 15) is 0 Å². The normalized spacial score (nSPS) is 14.0. The van der Waals surface area contributed by atoms with Crippen molar-refractivity contribution in [2.45, 2.75) is 32.2 Å². The summed E-state index contributed by atoms with van der Waals surface area (Å²) >= 11 is 7.77. The van der Waals surface area contributed by atoms with Crippen LogP contribution in [0.4, 0.5) is 0 Å². The zero-order valence-corrected chi connectivity index (χ0v) is 16.3. The summed E-state index contributed by atoms with van der Waals surface area (Å²) in [7, 11) is 0. The van der Waals surface area contributed by atoms with E-state index >= 15 is 0 Å². The average molecular weight is 376 g/mol. The molecule has 3 rings (SSSR count). The number of benzene rings is 1. The Morgan fingerprint density at radius 1 is 1.16 bits per heavy atom. The molecular formula is C19H22ClN3OS. The van der Waals surface area contributed by atoms with E-state index in [0.29, 0.717) is 17.6 Å². The summed E-state index contributed by atoms with van der Waals surface area (Å²) in [5.41, 5.74) is 1.47. The van der Waals surface area contributed by atoms with Crippen molar-refractivity contribution in [3.8, 4) is 11.4 Å². The molecule has 0 saturated carbocycles. The molecule has 4 nitrogen and oxygen atoms in total. The molecule has 2 heterocycles. The van der Waals surface area contributed by atoms with E-state index in [0.717, 1.165) is 24.2 Å². The maximum Gasteiger partial charge on any atom is 0.252 e. The summed E-state index contributed by atoms with van der Waals surface area (Å²) in [5.74, 6) is 1.61. The molecule has 1 unspecified atom stereocenters. The maximum atomic E-state index is 6.06. The second kappa shape index (κ2) is 7.68. The average Bonchev–Trinajstić information content (AvgIpc) is 3.34. The highest BCUT2D eigenvalue weighted by molar-refractivity contribution is 7.10. The molecule has 0 fully saturated rings. The number of nitrogens with zero attached hydrogens (tertiary/aromatic N) is 3. The topological polar surface area (TPSA) is 42.2 Å². The standard InChI is InChI=1S/C19H22ClN3OS/c1-4-23(5-2)19(3,16-11-8-12-25-16)18-21-17(22-24-18)15-10-7-6-9-14(15)13-20/h6-12H,4-5,13H2,1-3H3.